The molecule has 0 unspecified atom stereocenters. The molecule has 10 heteroatoms. The van der Waals surface area contributed by atoms with Gasteiger partial charge < -0.3 is 14.7 Å². The highest BCUT2D eigenvalue weighted by molar-refractivity contribution is 7.89. The molecule has 6 nitrogen and oxygen atoms in total. The molecule has 0 spiro atoms. The number of likely N-dealkylation sites (tertiary alicyclic amines) is 1. The van der Waals surface area contributed by atoms with E-state index in [9.17, 15) is 26.7 Å². The van der Waals surface area contributed by atoms with Crippen molar-refractivity contribution in [3.05, 3.63) is 29.8 Å². The smallest absolute Gasteiger partial charge is 0.393 e. The molecule has 1 aliphatic carbocycles. The first-order valence-corrected chi connectivity index (χ1v) is 14.2. The summed E-state index contributed by atoms with van der Waals surface area (Å²) in [5.74, 6) is 0. The lowest BCUT2D eigenvalue weighted by Gasteiger charge is -2.34. The molecular weight excluding hydrogens is 481 g/mol. The van der Waals surface area contributed by atoms with E-state index in [-0.39, 0.29) is 23.1 Å². The molecule has 200 valence electrons. The summed E-state index contributed by atoms with van der Waals surface area (Å²) in [7, 11) is -2.34. The molecule has 0 aromatic heterocycles. The highest BCUT2D eigenvalue weighted by Gasteiger charge is 2.34. The number of unbranched alkanes of at least 4 members (excludes halogenated alkanes) is 3. The maximum absolute atomic E-state index is 12.9. The Morgan fingerprint density at radius 1 is 0.971 bits per heavy atom. The monoisotopic (exact) mass is 520 g/mol. The molecule has 0 bridgehead atoms. The van der Waals surface area contributed by atoms with Gasteiger partial charge in [-0.3, -0.25) is 0 Å². The van der Waals surface area contributed by atoms with E-state index in [1.54, 1.807) is 0 Å². The number of rotatable bonds is 11. The largest absolute Gasteiger partial charge is 0.416 e. The first-order valence-electron chi connectivity index (χ1n) is 12.7. The first-order chi connectivity index (χ1) is 16.6. The maximum atomic E-state index is 12.9. The standard InChI is InChI=1S/C25H39F3N2O4S/c1-29(35(32,33)24-12-6-20(7-13-24)25(26,27)28)21-8-10-23(11-9-21)34-19-5-3-2-4-16-30-17-14-22(31)15-18-30/h6-7,12-13,21-23,31H,2-5,8-11,14-19H2,1H3/t21-,23-. The molecule has 0 atom stereocenters. The van der Waals surface area contributed by atoms with Crippen molar-refractivity contribution < 1.29 is 31.4 Å². The predicted molar refractivity (Wildman–Crippen MR) is 129 cm³/mol. The number of hydrogen-bond acceptors (Lipinski definition) is 5. The SMILES string of the molecule is CN([C@H]1CC[C@H](OCCCCCCN2CCC(O)CC2)CC1)S(=O)(=O)c1ccc(C(F)(F)F)cc1. The van der Waals surface area contributed by atoms with Crippen molar-refractivity contribution >= 4 is 10.0 Å². The molecule has 1 saturated heterocycles. The Hall–Kier alpha value is -1.20. The van der Waals surface area contributed by atoms with Gasteiger partial charge in [0, 0.05) is 32.8 Å². The van der Waals surface area contributed by atoms with Crippen molar-refractivity contribution in [2.45, 2.75) is 93.5 Å². The topological polar surface area (TPSA) is 70.1 Å². The molecule has 1 saturated carbocycles. The highest BCUT2D eigenvalue weighted by Crippen LogP contribution is 2.32. The van der Waals surface area contributed by atoms with Crippen molar-refractivity contribution in [2.24, 2.45) is 0 Å². The Kier molecular flexibility index (Phi) is 10.4. The number of hydrogen-bond donors (Lipinski definition) is 1. The third-order valence-corrected chi connectivity index (χ3v) is 9.22. The Labute approximate surface area is 207 Å². The number of ether oxygens (including phenoxy) is 1. The van der Waals surface area contributed by atoms with E-state index in [2.05, 4.69) is 4.90 Å². The lowest BCUT2D eigenvalue weighted by molar-refractivity contribution is -0.137. The average molecular weight is 521 g/mol. The number of aliphatic hydroxyl groups is 1. The van der Waals surface area contributed by atoms with Crippen LogP contribution in [-0.4, -0.2) is 74.3 Å². The van der Waals surface area contributed by atoms with Crippen LogP contribution in [0, 0.1) is 0 Å². The number of aliphatic hydroxyl groups excluding tert-OH is 1. The molecule has 1 aromatic carbocycles. The lowest BCUT2D eigenvalue weighted by Crippen LogP contribution is -2.40. The van der Waals surface area contributed by atoms with Crippen LogP contribution >= 0.6 is 0 Å². The van der Waals surface area contributed by atoms with Crippen LogP contribution in [0.25, 0.3) is 0 Å². The fraction of sp³-hybridized carbons (Fsp3) is 0.760. The van der Waals surface area contributed by atoms with Gasteiger partial charge in [-0.05, 0) is 82.2 Å². The quantitative estimate of drug-likeness (QED) is 0.430. The summed E-state index contributed by atoms with van der Waals surface area (Å²) in [6.07, 6.45) is 4.65. The fourth-order valence-corrected chi connectivity index (χ4v) is 6.35. The van der Waals surface area contributed by atoms with Gasteiger partial charge in [0.25, 0.3) is 0 Å². The second-order valence-electron chi connectivity index (χ2n) is 9.83. The minimum Gasteiger partial charge on any atom is -0.393 e. The van der Waals surface area contributed by atoms with E-state index >= 15 is 0 Å². The summed E-state index contributed by atoms with van der Waals surface area (Å²) >= 11 is 0. The summed E-state index contributed by atoms with van der Waals surface area (Å²) in [5, 5.41) is 9.56. The van der Waals surface area contributed by atoms with E-state index in [0.29, 0.717) is 19.4 Å². The molecule has 1 aliphatic heterocycles. The minimum absolute atomic E-state index is 0.121. The Bertz CT molecular complexity index is 864. The van der Waals surface area contributed by atoms with Gasteiger partial charge >= 0.3 is 6.18 Å². The zero-order chi connectivity index (χ0) is 25.5. The molecular formula is C25H39F3N2O4S. The summed E-state index contributed by atoms with van der Waals surface area (Å²) in [6, 6.07) is 3.49. The Morgan fingerprint density at radius 2 is 1.57 bits per heavy atom. The lowest BCUT2D eigenvalue weighted by atomic mass is 9.93. The number of piperidine rings is 1. The molecule has 1 aromatic rings. The molecule has 3 rings (SSSR count). The third-order valence-electron chi connectivity index (χ3n) is 7.30. The summed E-state index contributed by atoms with van der Waals surface area (Å²) in [5.41, 5.74) is -0.862. The first kappa shape index (κ1) is 28.4. The number of benzene rings is 1. The van der Waals surface area contributed by atoms with Gasteiger partial charge in [0.15, 0.2) is 0 Å². The van der Waals surface area contributed by atoms with Crippen LogP contribution in [0.15, 0.2) is 29.2 Å². The van der Waals surface area contributed by atoms with Gasteiger partial charge in [-0.25, -0.2) is 8.42 Å². The van der Waals surface area contributed by atoms with Gasteiger partial charge in [0.2, 0.25) is 10.0 Å². The normalized spacial score (nSPS) is 23.1. The number of alkyl halides is 3. The van der Waals surface area contributed by atoms with Crippen molar-refractivity contribution in [3.8, 4) is 0 Å². The molecule has 0 radical (unpaired) electrons. The van der Waals surface area contributed by atoms with Crippen LogP contribution in [0.3, 0.4) is 0 Å². The van der Waals surface area contributed by atoms with Crippen molar-refractivity contribution in [3.63, 3.8) is 0 Å². The fourth-order valence-electron chi connectivity index (χ4n) is 4.94. The van der Waals surface area contributed by atoms with Crippen molar-refractivity contribution in [1.29, 1.82) is 0 Å². The number of nitrogens with zero attached hydrogens (tertiary/aromatic N) is 2. The Balaban J connectivity index is 1.31. The van der Waals surface area contributed by atoms with Gasteiger partial charge in [-0.2, -0.15) is 17.5 Å². The maximum Gasteiger partial charge on any atom is 0.416 e. The molecule has 0 amide bonds. The van der Waals surface area contributed by atoms with Gasteiger partial charge in [-0.15, -0.1) is 0 Å². The second-order valence-corrected chi connectivity index (χ2v) is 11.8. The van der Waals surface area contributed by atoms with Crippen molar-refractivity contribution in [2.75, 3.05) is 33.3 Å². The van der Waals surface area contributed by atoms with Gasteiger partial charge in [0.1, 0.15) is 0 Å². The molecule has 1 heterocycles. The van der Waals surface area contributed by atoms with E-state index in [1.807, 2.05) is 0 Å². The van der Waals surface area contributed by atoms with Crippen LogP contribution < -0.4 is 0 Å². The molecule has 2 fully saturated rings. The third kappa shape index (κ3) is 8.42. The van der Waals surface area contributed by atoms with Crippen LogP contribution in [0.4, 0.5) is 13.2 Å². The van der Waals surface area contributed by atoms with Crippen LogP contribution in [0.1, 0.15) is 69.8 Å². The minimum atomic E-state index is -4.50. The van der Waals surface area contributed by atoms with Crippen LogP contribution in [-0.2, 0) is 20.9 Å². The van der Waals surface area contributed by atoms with Crippen LogP contribution in [0.2, 0.25) is 0 Å². The van der Waals surface area contributed by atoms with Crippen molar-refractivity contribution in [1.82, 2.24) is 9.21 Å². The van der Waals surface area contributed by atoms with E-state index in [4.69, 9.17) is 4.74 Å². The van der Waals surface area contributed by atoms with Crippen LogP contribution in [0.5, 0.6) is 0 Å². The van der Waals surface area contributed by atoms with Gasteiger partial charge in [-0.1, -0.05) is 12.8 Å². The summed E-state index contributed by atoms with van der Waals surface area (Å²) < 4.78 is 71.4. The number of halogens is 3. The van der Waals surface area contributed by atoms with Gasteiger partial charge in [0.05, 0.1) is 22.7 Å². The summed E-state index contributed by atoms with van der Waals surface area (Å²) in [4.78, 5) is 2.31. The molecule has 2 aliphatic rings. The Morgan fingerprint density at radius 3 is 2.17 bits per heavy atom. The van der Waals surface area contributed by atoms with E-state index in [0.717, 1.165) is 82.4 Å². The predicted octanol–water partition coefficient (Wildman–Crippen LogP) is 4.67. The average Bonchev–Trinajstić information content (AvgIpc) is 2.84. The zero-order valence-electron chi connectivity index (χ0n) is 20.5. The van der Waals surface area contributed by atoms with E-state index < -0.39 is 21.8 Å². The second kappa shape index (κ2) is 12.9. The molecule has 35 heavy (non-hydrogen) atoms. The number of sulfonamides is 1. The zero-order valence-corrected chi connectivity index (χ0v) is 21.4. The molecule has 1 N–H and O–H groups in total. The van der Waals surface area contributed by atoms with E-state index in [1.165, 1.54) is 24.2 Å². The highest BCUT2D eigenvalue weighted by atomic mass is 32.2. The summed E-state index contributed by atoms with van der Waals surface area (Å²) in [6.45, 7) is 3.80.